The van der Waals surface area contributed by atoms with Crippen LogP contribution in [0.15, 0.2) is 0 Å². The molecule has 1 unspecified atom stereocenters. The summed E-state index contributed by atoms with van der Waals surface area (Å²) in [4.78, 5) is 0. The van der Waals surface area contributed by atoms with Crippen LogP contribution >= 0.6 is 0 Å². The normalized spacial score (nSPS) is 30.6. The van der Waals surface area contributed by atoms with E-state index in [-0.39, 0.29) is 0 Å². The van der Waals surface area contributed by atoms with Crippen molar-refractivity contribution in [2.24, 2.45) is 11.3 Å². The first-order valence-corrected chi connectivity index (χ1v) is 8.15. The highest BCUT2D eigenvalue weighted by molar-refractivity contribution is 5.11. The molecule has 19 heavy (non-hydrogen) atoms. The molecular weight excluding hydrogens is 234 g/mol. The molecule has 0 amide bonds. The van der Waals surface area contributed by atoms with Gasteiger partial charge in [0.05, 0.1) is 17.1 Å². The zero-order chi connectivity index (χ0) is 14.4. The van der Waals surface area contributed by atoms with Crippen LogP contribution in [0.5, 0.6) is 0 Å². The largest absolute Gasteiger partial charge is 0.389 e. The summed E-state index contributed by atoms with van der Waals surface area (Å²) < 4.78 is 0. The number of hydrogen-bond acceptors (Lipinski definition) is 2. The maximum Gasteiger partial charge on any atom is 0.0857 e. The molecule has 0 bridgehead atoms. The fourth-order valence-corrected chi connectivity index (χ4v) is 3.60. The zero-order valence-corrected chi connectivity index (χ0v) is 13.0. The third kappa shape index (κ3) is 3.96. The van der Waals surface area contributed by atoms with E-state index in [1.54, 1.807) is 0 Å². The van der Waals surface area contributed by atoms with Gasteiger partial charge in [0, 0.05) is 0 Å². The molecule has 0 radical (unpaired) electrons. The third-order valence-corrected chi connectivity index (χ3v) is 5.17. The number of nitrogens with zero attached hydrogens (tertiary/aromatic N) is 1. The van der Waals surface area contributed by atoms with Crippen molar-refractivity contribution in [1.82, 2.24) is 0 Å². The summed E-state index contributed by atoms with van der Waals surface area (Å²) in [5.41, 5.74) is -1.31. The van der Waals surface area contributed by atoms with E-state index >= 15 is 0 Å². The third-order valence-electron chi connectivity index (χ3n) is 5.17. The molecule has 0 spiro atoms. The van der Waals surface area contributed by atoms with Gasteiger partial charge >= 0.3 is 0 Å². The molecule has 1 N–H and O–H groups in total. The monoisotopic (exact) mass is 265 g/mol. The fraction of sp³-hybridized carbons (Fsp3) is 0.941. The van der Waals surface area contributed by atoms with Gasteiger partial charge in [0.2, 0.25) is 0 Å². The van der Waals surface area contributed by atoms with Crippen LogP contribution in [0.2, 0.25) is 0 Å². The molecule has 0 heterocycles. The van der Waals surface area contributed by atoms with Crippen LogP contribution in [0.3, 0.4) is 0 Å². The van der Waals surface area contributed by atoms with Gasteiger partial charge < -0.3 is 5.11 Å². The van der Waals surface area contributed by atoms with E-state index in [9.17, 15) is 10.4 Å². The molecule has 1 saturated carbocycles. The van der Waals surface area contributed by atoms with Crippen LogP contribution < -0.4 is 0 Å². The molecule has 0 aliphatic heterocycles. The highest BCUT2D eigenvalue weighted by Crippen LogP contribution is 2.48. The first kappa shape index (κ1) is 16.5. The topological polar surface area (TPSA) is 44.0 Å². The molecule has 0 saturated heterocycles. The molecule has 1 aliphatic rings. The molecule has 1 atom stereocenters. The van der Waals surface area contributed by atoms with Gasteiger partial charge in [0.15, 0.2) is 0 Å². The highest BCUT2D eigenvalue weighted by Gasteiger charge is 2.48. The van der Waals surface area contributed by atoms with Gasteiger partial charge in [-0.15, -0.1) is 0 Å². The molecule has 1 aliphatic carbocycles. The molecule has 1 fully saturated rings. The Morgan fingerprint density at radius 1 is 1.21 bits per heavy atom. The predicted molar refractivity (Wildman–Crippen MR) is 79.7 cm³/mol. The minimum atomic E-state index is -0.811. The second kappa shape index (κ2) is 7.29. The van der Waals surface area contributed by atoms with Crippen molar-refractivity contribution < 1.29 is 5.11 Å². The molecule has 2 nitrogen and oxygen atoms in total. The van der Waals surface area contributed by atoms with E-state index in [1.165, 1.54) is 12.8 Å². The summed E-state index contributed by atoms with van der Waals surface area (Å²) in [6, 6.07) is 2.50. The number of hydrogen-bond donors (Lipinski definition) is 1. The van der Waals surface area contributed by atoms with Gasteiger partial charge in [-0.25, -0.2) is 0 Å². The maximum atomic E-state index is 10.8. The standard InChI is InChI=1S/C17H31NO/c1-4-6-7-11-16(3,19)17(14-18)12-9-15(8-5-2)10-13-17/h15,19H,4-13H2,1-3H3. The molecule has 0 aromatic rings. The number of aliphatic hydroxyl groups is 1. The number of nitriles is 1. The summed E-state index contributed by atoms with van der Waals surface area (Å²) in [6.45, 7) is 6.30. The molecule has 0 aromatic carbocycles. The van der Waals surface area contributed by atoms with Gasteiger partial charge in [-0.3, -0.25) is 0 Å². The van der Waals surface area contributed by atoms with Crippen molar-refractivity contribution in [2.45, 2.75) is 90.6 Å². The predicted octanol–water partition coefficient (Wildman–Crippen LogP) is 4.82. The van der Waals surface area contributed by atoms with E-state index in [0.717, 1.165) is 57.3 Å². The van der Waals surface area contributed by atoms with E-state index in [0.29, 0.717) is 0 Å². The molecule has 0 aromatic heterocycles. The maximum absolute atomic E-state index is 10.8. The Morgan fingerprint density at radius 3 is 2.32 bits per heavy atom. The number of rotatable bonds is 7. The van der Waals surface area contributed by atoms with Crippen LogP contribution in [0.1, 0.15) is 85.0 Å². The Morgan fingerprint density at radius 2 is 1.84 bits per heavy atom. The Bertz CT molecular complexity index is 295. The van der Waals surface area contributed by atoms with Crippen molar-refractivity contribution in [2.75, 3.05) is 0 Å². The molecule has 110 valence electrons. The van der Waals surface area contributed by atoms with E-state index in [2.05, 4.69) is 19.9 Å². The molecule has 2 heteroatoms. The lowest BCUT2D eigenvalue weighted by molar-refractivity contribution is -0.0713. The summed E-state index contributed by atoms with van der Waals surface area (Å²) >= 11 is 0. The lowest BCUT2D eigenvalue weighted by Gasteiger charge is -2.45. The fourth-order valence-electron chi connectivity index (χ4n) is 3.60. The first-order chi connectivity index (χ1) is 9.01. The van der Waals surface area contributed by atoms with Crippen molar-refractivity contribution in [3.63, 3.8) is 0 Å². The first-order valence-electron chi connectivity index (χ1n) is 8.15. The summed E-state index contributed by atoms with van der Waals surface area (Å²) in [7, 11) is 0. The van der Waals surface area contributed by atoms with Crippen molar-refractivity contribution in [3.05, 3.63) is 0 Å². The Hall–Kier alpha value is -0.550. The zero-order valence-electron chi connectivity index (χ0n) is 13.0. The van der Waals surface area contributed by atoms with Gasteiger partial charge in [-0.1, -0.05) is 46.0 Å². The van der Waals surface area contributed by atoms with Gasteiger partial charge in [0.1, 0.15) is 0 Å². The average molecular weight is 265 g/mol. The second-order valence-electron chi connectivity index (χ2n) is 6.66. The van der Waals surface area contributed by atoms with Crippen LogP contribution in [0.4, 0.5) is 0 Å². The molecule has 1 rings (SSSR count). The van der Waals surface area contributed by atoms with Crippen LogP contribution in [0, 0.1) is 22.7 Å². The van der Waals surface area contributed by atoms with E-state index in [1.807, 2.05) is 6.92 Å². The summed E-state index contributed by atoms with van der Waals surface area (Å²) in [5.74, 6) is 0.776. The summed E-state index contributed by atoms with van der Waals surface area (Å²) in [6.07, 6.45) is 10.6. The average Bonchev–Trinajstić information content (AvgIpc) is 2.40. The highest BCUT2D eigenvalue weighted by atomic mass is 16.3. The minimum Gasteiger partial charge on any atom is -0.389 e. The van der Waals surface area contributed by atoms with Crippen LogP contribution in [-0.4, -0.2) is 10.7 Å². The van der Waals surface area contributed by atoms with Gasteiger partial charge in [-0.05, 0) is 44.9 Å². The molecular formula is C17H31NO. The SMILES string of the molecule is CCCCCC(C)(O)C1(C#N)CCC(CCC)CC1. The van der Waals surface area contributed by atoms with Gasteiger partial charge in [-0.2, -0.15) is 5.26 Å². The lowest BCUT2D eigenvalue weighted by atomic mass is 9.61. The van der Waals surface area contributed by atoms with Crippen molar-refractivity contribution >= 4 is 0 Å². The second-order valence-corrected chi connectivity index (χ2v) is 6.66. The van der Waals surface area contributed by atoms with Crippen molar-refractivity contribution in [1.29, 1.82) is 5.26 Å². The van der Waals surface area contributed by atoms with Crippen LogP contribution in [-0.2, 0) is 0 Å². The van der Waals surface area contributed by atoms with Crippen molar-refractivity contribution in [3.8, 4) is 6.07 Å². The Kier molecular flexibility index (Phi) is 6.33. The van der Waals surface area contributed by atoms with E-state index < -0.39 is 11.0 Å². The Labute approximate surface area is 119 Å². The lowest BCUT2D eigenvalue weighted by Crippen LogP contribution is -2.47. The van der Waals surface area contributed by atoms with Crippen LogP contribution in [0.25, 0.3) is 0 Å². The minimum absolute atomic E-state index is 0.495. The Balaban J connectivity index is 2.63. The quantitative estimate of drug-likeness (QED) is 0.671. The number of unbranched alkanes of at least 4 members (excludes halogenated alkanes) is 2. The van der Waals surface area contributed by atoms with Gasteiger partial charge in [0.25, 0.3) is 0 Å². The summed E-state index contributed by atoms with van der Waals surface area (Å²) in [5, 5.41) is 20.4. The smallest absolute Gasteiger partial charge is 0.0857 e. The van der Waals surface area contributed by atoms with E-state index in [4.69, 9.17) is 0 Å².